The van der Waals surface area contributed by atoms with Crippen LogP contribution in [0.2, 0.25) is 5.02 Å². The van der Waals surface area contributed by atoms with Crippen molar-refractivity contribution in [3.8, 4) is 0 Å². The highest BCUT2D eigenvalue weighted by Gasteiger charge is 2.50. The molecule has 3 aromatic rings. The van der Waals surface area contributed by atoms with E-state index < -0.39 is 0 Å². The molecule has 5 nitrogen and oxygen atoms in total. The van der Waals surface area contributed by atoms with Gasteiger partial charge >= 0.3 is 0 Å². The molecule has 0 unspecified atom stereocenters. The van der Waals surface area contributed by atoms with Gasteiger partial charge in [-0.25, -0.2) is 9.66 Å². The number of pyridine rings is 1. The van der Waals surface area contributed by atoms with Crippen molar-refractivity contribution in [3.63, 3.8) is 0 Å². The standard InChI is InChI=1S/C22H22ClN5S.2C2H6/c1-14(13-29)26-28-19-10-16(23)4-5-18(19)25-21(28)12-27-15(2)22(7-3-8-22)17-6-9-24-11-20(17)27;2*1-2/h4-6,9-11,26,29H,1-3,7-8,12-13H2;2*1-2H3. The maximum atomic E-state index is 6.26. The van der Waals surface area contributed by atoms with E-state index in [1.165, 1.54) is 12.0 Å². The Hall–Kier alpha value is -2.44. The number of benzene rings is 1. The molecule has 0 atom stereocenters. The van der Waals surface area contributed by atoms with Gasteiger partial charge in [0.25, 0.3) is 0 Å². The van der Waals surface area contributed by atoms with E-state index >= 15 is 0 Å². The first-order chi connectivity index (χ1) is 16.0. The molecule has 2 aliphatic rings. The predicted octanol–water partition coefficient (Wildman–Crippen LogP) is 7.08. The van der Waals surface area contributed by atoms with Gasteiger partial charge in [-0.05, 0) is 42.7 Å². The summed E-state index contributed by atoms with van der Waals surface area (Å²) in [6.45, 7) is 17.1. The van der Waals surface area contributed by atoms with Gasteiger partial charge in [-0.15, -0.1) is 0 Å². The summed E-state index contributed by atoms with van der Waals surface area (Å²) in [5, 5.41) is 0.664. The summed E-state index contributed by atoms with van der Waals surface area (Å²) in [6.07, 6.45) is 7.33. The van der Waals surface area contributed by atoms with Crippen LogP contribution < -0.4 is 10.3 Å². The van der Waals surface area contributed by atoms with Gasteiger partial charge < -0.3 is 4.90 Å². The fourth-order valence-corrected chi connectivity index (χ4v) is 4.74. The monoisotopic (exact) mass is 483 g/mol. The minimum atomic E-state index is 0.0561. The Morgan fingerprint density at radius 2 is 1.94 bits per heavy atom. The second-order valence-electron chi connectivity index (χ2n) is 7.73. The van der Waals surface area contributed by atoms with E-state index in [2.05, 4.69) is 47.2 Å². The average molecular weight is 484 g/mol. The first-order valence-corrected chi connectivity index (χ1v) is 12.7. The number of fused-ring (bicyclic) bond motifs is 3. The summed E-state index contributed by atoms with van der Waals surface area (Å²) in [6, 6.07) is 7.84. The zero-order valence-electron chi connectivity index (χ0n) is 20.0. The van der Waals surface area contributed by atoms with Crippen molar-refractivity contribution in [1.29, 1.82) is 0 Å². The number of imidazole rings is 1. The number of rotatable bonds is 5. The Morgan fingerprint density at radius 1 is 1.21 bits per heavy atom. The SMILES string of the molecule is C=C(CS)Nn1c(CN2C(=C)C3(CCC3)c3ccncc32)nc2ccc(Cl)cc21.CC.CC. The molecule has 1 N–H and O–H groups in total. The highest BCUT2D eigenvalue weighted by molar-refractivity contribution is 7.80. The maximum Gasteiger partial charge on any atom is 0.148 e. The number of hydrogen-bond acceptors (Lipinski definition) is 5. The number of nitrogens with zero attached hydrogens (tertiary/aromatic N) is 4. The molecule has 176 valence electrons. The molecular weight excluding hydrogens is 450 g/mol. The van der Waals surface area contributed by atoms with Crippen molar-refractivity contribution in [2.45, 2.75) is 58.9 Å². The Balaban J connectivity index is 0.000000728. The van der Waals surface area contributed by atoms with Crippen LogP contribution in [-0.2, 0) is 12.0 Å². The molecule has 0 radical (unpaired) electrons. The number of anilines is 1. The quantitative estimate of drug-likeness (QED) is 0.380. The van der Waals surface area contributed by atoms with Gasteiger partial charge in [-0.2, -0.15) is 12.6 Å². The van der Waals surface area contributed by atoms with Crippen LogP contribution >= 0.6 is 24.2 Å². The van der Waals surface area contributed by atoms with Crippen LogP contribution in [0.15, 0.2) is 61.2 Å². The van der Waals surface area contributed by atoms with Gasteiger partial charge in [0.05, 0.1) is 29.5 Å². The fraction of sp³-hybridized carbons (Fsp3) is 0.385. The van der Waals surface area contributed by atoms with Crippen LogP contribution in [0, 0.1) is 0 Å². The summed E-state index contributed by atoms with van der Waals surface area (Å²) < 4.78 is 1.95. The van der Waals surface area contributed by atoms with Crippen LogP contribution in [0.3, 0.4) is 0 Å². The van der Waals surface area contributed by atoms with Gasteiger partial charge in [0, 0.05) is 33.8 Å². The Morgan fingerprint density at radius 3 is 2.58 bits per heavy atom. The molecule has 1 aliphatic heterocycles. The van der Waals surface area contributed by atoms with Crippen molar-refractivity contribution in [2.24, 2.45) is 0 Å². The molecule has 1 fully saturated rings. The molecule has 1 saturated carbocycles. The van der Waals surface area contributed by atoms with E-state index in [-0.39, 0.29) is 5.41 Å². The Bertz CT molecular complexity index is 1150. The Labute approximate surface area is 207 Å². The van der Waals surface area contributed by atoms with E-state index in [9.17, 15) is 0 Å². The molecule has 3 heterocycles. The third kappa shape index (κ3) is 4.38. The van der Waals surface area contributed by atoms with Crippen molar-refractivity contribution in [3.05, 3.63) is 77.6 Å². The minimum Gasteiger partial charge on any atom is -0.336 e. The van der Waals surface area contributed by atoms with Crippen LogP contribution in [0.25, 0.3) is 11.0 Å². The lowest BCUT2D eigenvalue weighted by Crippen LogP contribution is -2.37. The van der Waals surface area contributed by atoms with Crippen molar-refractivity contribution < 1.29 is 0 Å². The van der Waals surface area contributed by atoms with Gasteiger partial charge in [0.2, 0.25) is 0 Å². The van der Waals surface area contributed by atoms with Gasteiger partial charge in [-0.1, -0.05) is 58.9 Å². The lowest BCUT2D eigenvalue weighted by atomic mass is 9.64. The molecule has 33 heavy (non-hydrogen) atoms. The molecule has 1 aromatic carbocycles. The molecule has 5 rings (SSSR count). The lowest BCUT2D eigenvalue weighted by molar-refractivity contribution is 0.301. The van der Waals surface area contributed by atoms with Crippen molar-refractivity contribution in [2.75, 3.05) is 16.1 Å². The molecule has 0 amide bonds. The van der Waals surface area contributed by atoms with Gasteiger partial charge in [-0.3, -0.25) is 10.4 Å². The fourth-order valence-electron chi connectivity index (χ4n) is 4.50. The molecule has 1 spiro atoms. The number of nitrogens with one attached hydrogen (secondary N) is 1. The van der Waals surface area contributed by atoms with Gasteiger partial charge in [0.15, 0.2) is 0 Å². The number of allylic oxidation sites excluding steroid dienone is 1. The van der Waals surface area contributed by atoms with Crippen LogP contribution in [-0.4, -0.2) is 20.4 Å². The highest BCUT2D eigenvalue weighted by atomic mass is 35.5. The van der Waals surface area contributed by atoms with Crippen LogP contribution in [0.5, 0.6) is 0 Å². The summed E-state index contributed by atoms with van der Waals surface area (Å²) in [5.41, 5.74) is 9.54. The van der Waals surface area contributed by atoms with E-state index in [1.54, 1.807) is 0 Å². The van der Waals surface area contributed by atoms with Gasteiger partial charge in [0.1, 0.15) is 5.82 Å². The third-order valence-electron chi connectivity index (χ3n) is 6.14. The highest BCUT2D eigenvalue weighted by Crippen LogP contribution is 2.57. The first kappa shape index (κ1) is 25.2. The normalized spacial score (nSPS) is 15.2. The van der Waals surface area contributed by atoms with E-state index in [1.807, 2.05) is 63.0 Å². The topological polar surface area (TPSA) is 46.0 Å². The third-order valence-corrected chi connectivity index (χ3v) is 6.75. The summed E-state index contributed by atoms with van der Waals surface area (Å²) >= 11 is 10.6. The molecule has 0 saturated heterocycles. The zero-order chi connectivity index (χ0) is 24.2. The largest absolute Gasteiger partial charge is 0.336 e. The average Bonchev–Trinajstić information content (AvgIpc) is 3.28. The van der Waals surface area contributed by atoms with Crippen molar-refractivity contribution >= 4 is 41.0 Å². The van der Waals surface area contributed by atoms with E-state index in [0.717, 1.165) is 46.8 Å². The minimum absolute atomic E-state index is 0.0561. The number of aromatic nitrogens is 3. The van der Waals surface area contributed by atoms with Crippen LogP contribution in [0.1, 0.15) is 58.3 Å². The second-order valence-corrected chi connectivity index (χ2v) is 8.48. The van der Waals surface area contributed by atoms with E-state index in [4.69, 9.17) is 16.6 Å². The molecule has 2 aromatic heterocycles. The number of halogens is 1. The summed E-state index contributed by atoms with van der Waals surface area (Å²) in [5.74, 6) is 1.38. The molecule has 7 heteroatoms. The number of hydrogen-bond donors (Lipinski definition) is 2. The molecular formula is C26H34ClN5S. The predicted molar refractivity (Wildman–Crippen MR) is 145 cm³/mol. The molecule has 1 aliphatic carbocycles. The smallest absolute Gasteiger partial charge is 0.148 e. The van der Waals surface area contributed by atoms with Crippen molar-refractivity contribution in [1.82, 2.24) is 14.6 Å². The molecule has 0 bridgehead atoms. The summed E-state index contributed by atoms with van der Waals surface area (Å²) in [7, 11) is 0. The van der Waals surface area contributed by atoms with Crippen LogP contribution in [0.4, 0.5) is 5.69 Å². The summed E-state index contributed by atoms with van der Waals surface area (Å²) in [4.78, 5) is 11.5. The Kier molecular flexibility index (Phi) is 8.14. The second kappa shape index (κ2) is 10.7. The lowest BCUT2D eigenvalue weighted by Gasteiger charge is -2.40. The number of thiol groups is 1. The first-order valence-electron chi connectivity index (χ1n) is 11.7. The maximum absolute atomic E-state index is 6.26. The zero-order valence-corrected chi connectivity index (χ0v) is 21.7. The van der Waals surface area contributed by atoms with E-state index in [0.29, 0.717) is 17.3 Å².